The van der Waals surface area contributed by atoms with Crippen LogP contribution in [0.2, 0.25) is 0 Å². The minimum absolute atomic E-state index is 0.142. The lowest BCUT2D eigenvalue weighted by atomic mass is 10.2. The summed E-state index contributed by atoms with van der Waals surface area (Å²) in [5, 5.41) is 2.68. The number of rotatable bonds is 7. The molecule has 2 rings (SSSR count). The van der Waals surface area contributed by atoms with E-state index in [0.717, 1.165) is 20.6 Å². The number of amides is 1. The van der Waals surface area contributed by atoms with Crippen molar-refractivity contribution in [3.8, 4) is 0 Å². The van der Waals surface area contributed by atoms with E-state index < -0.39 is 10.0 Å². The van der Waals surface area contributed by atoms with Gasteiger partial charge in [-0.3, -0.25) is 9.78 Å². The van der Waals surface area contributed by atoms with Crippen molar-refractivity contribution in [2.75, 3.05) is 12.8 Å². The van der Waals surface area contributed by atoms with Crippen molar-refractivity contribution in [3.63, 3.8) is 0 Å². The highest BCUT2D eigenvalue weighted by Crippen LogP contribution is 2.13. The van der Waals surface area contributed by atoms with Crippen LogP contribution in [0.1, 0.15) is 11.3 Å². The summed E-state index contributed by atoms with van der Waals surface area (Å²) in [6, 6.07) is 12.7. The number of carbonyl (C=O) groups is 1. The van der Waals surface area contributed by atoms with E-state index >= 15 is 0 Å². The summed E-state index contributed by atoms with van der Waals surface area (Å²) < 4.78 is 25.9. The van der Waals surface area contributed by atoms with Crippen LogP contribution in [0.3, 0.4) is 0 Å². The van der Waals surface area contributed by atoms with Crippen LogP contribution in [0, 0.1) is 0 Å². The van der Waals surface area contributed by atoms with Crippen molar-refractivity contribution < 1.29 is 13.2 Å². The monoisotopic (exact) mass is 411 g/mol. The second kappa shape index (κ2) is 8.36. The van der Waals surface area contributed by atoms with E-state index in [-0.39, 0.29) is 25.5 Å². The molecule has 1 heterocycles. The maximum absolute atomic E-state index is 12.1. The first-order chi connectivity index (χ1) is 11.3. The SMILES string of the molecule is CS(=O)(=O)N(CC(=O)NCc1ccccn1)Cc1ccc(Br)cc1. The molecule has 1 N–H and O–H groups in total. The number of hydrogen-bond acceptors (Lipinski definition) is 4. The molecule has 1 aromatic carbocycles. The third-order valence-corrected chi connectivity index (χ3v) is 4.98. The predicted molar refractivity (Wildman–Crippen MR) is 95.5 cm³/mol. The van der Waals surface area contributed by atoms with E-state index in [4.69, 9.17) is 0 Å². The molecule has 0 unspecified atom stereocenters. The zero-order chi connectivity index (χ0) is 17.6. The van der Waals surface area contributed by atoms with Crippen molar-refractivity contribution in [2.24, 2.45) is 0 Å². The molecular formula is C16H18BrN3O3S. The Hall–Kier alpha value is -1.77. The molecule has 24 heavy (non-hydrogen) atoms. The molecule has 0 spiro atoms. The summed E-state index contributed by atoms with van der Waals surface area (Å²) in [4.78, 5) is 16.2. The van der Waals surface area contributed by atoms with E-state index in [1.54, 1.807) is 18.3 Å². The standard InChI is InChI=1S/C16H18BrN3O3S/c1-24(22,23)20(11-13-5-7-14(17)8-6-13)12-16(21)19-10-15-4-2-3-9-18-15/h2-9H,10-12H2,1H3,(H,19,21). The summed E-state index contributed by atoms with van der Waals surface area (Å²) in [6.07, 6.45) is 2.73. The molecular weight excluding hydrogens is 394 g/mol. The first kappa shape index (κ1) is 18.6. The van der Waals surface area contributed by atoms with E-state index in [0.29, 0.717) is 5.69 Å². The van der Waals surface area contributed by atoms with Crippen molar-refractivity contribution in [1.82, 2.24) is 14.6 Å². The summed E-state index contributed by atoms with van der Waals surface area (Å²) in [6.45, 7) is 0.167. The fourth-order valence-corrected chi connectivity index (χ4v) is 2.99. The van der Waals surface area contributed by atoms with Gasteiger partial charge in [0.2, 0.25) is 15.9 Å². The minimum atomic E-state index is -3.51. The van der Waals surface area contributed by atoms with Gasteiger partial charge in [0.05, 0.1) is 25.0 Å². The number of nitrogens with one attached hydrogen (secondary N) is 1. The third-order valence-electron chi connectivity index (χ3n) is 3.25. The number of pyridine rings is 1. The van der Waals surface area contributed by atoms with E-state index in [2.05, 4.69) is 26.2 Å². The molecule has 0 saturated carbocycles. The van der Waals surface area contributed by atoms with Crippen LogP contribution in [0.15, 0.2) is 53.1 Å². The fourth-order valence-electron chi connectivity index (χ4n) is 1.99. The average Bonchev–Trinajstić information content (AvgIpc) is 2.54. The van der Waals surface area contributed by atoms with Crippen molar-refractivity contribution in [3.05, 3.63) is 64.4 Å². The number of benzene rings is 1. The molecule has 6 nitrogen and oxygen atoms in total. The molecule has 0 bridgehead atoms. The van der Waals surface area contributed by atoms with Crippen LogP contribution >= 0.6 is 15.9 Å². The Bertz CT molecular complexity index is 780. The molecule has 0 radical (unpaired) electrons. The van der Waals surface area contributed by atoms with Gasteiger partial charge in [-0.25, -0.2) is 8.42 Å². The molecule has 0 aliphatic heterocycles. The first-order valence-electron chi connectivity index (χ1n) is 7.21. The van der Waals surface area contributed by atoms with E-state index in [1.165, 1.54) is 0 Å². The predicted octanol–water partition coefficient (Wildman–Crippen LogP) is 1.92. The Morgan fingerprint density at radius 2 is 1.92 bits per heavy atom. The Balaban J connectivity index is 1.98. The quantitative estimate of drug-likeness (QED) is 0.754. The highest BCUT2D eigenvalue weighted by Gasteiger charge is 2.20. The lowest BCUT2D eigenvalue weighted by Crippen LogP contribution is -2.39. The topological polar surface area (TPSA) is 79.4 Å². The van der Waals surface area contributed by atoms with Crippen molar-refractivity contribution in [1.29, 1.82) is 0 Å². The largest absolute Gasteiger partial charge is 0.349 e. The van der Waals surface area contributed by atoms with Gasteiger partial charge < -0.3 is 5.32 Å². The summed E-state index contributed by atoms with van der Waals surface area (Å²) in [5.41, 5.74) is 1.52. The summed E-state index contributed by atoms with van der Waals surface area (Å²) in [5.74, 6) is -0.372. The van der Waals surface area contributed by atoms with Crippen molar-refractivity contribution >= 4 is 31.9 Å². The van der Waals surface area contributed by atoms with E-state index in [9.17, 15) is 13.2 Å². The summed E-state index contributed by atoms with van der Waals surface area (Å²) in [7, 11) is -3.51. The molecule has 0 aliphatic rings. The Labute approximate surface area is 150 Å². The molecule has 0 saturated heterocycles. The highest BCUT2D eigenvalue weighted by molar-refractivity contribution is 9.10. The molecule has 2 aromatic rings. The lowest BCUT2D eigenvalue weighted by Gasteiger charge is -2.19. The Kier molecular flexibility index (Phi) is 6.47. The van der Waals surface area contributed by atoms with Gasteiger partial charge in [-0.05, 0) is 29.8 Å². The van der Waals surface area contributed by atoms with Crippen LogP contribution in [0.5, 0.6) is 0 Å². The lowest BCUT2D eigenvalue weighted by molar-refractivity contribution is -0.121. The van der Waals surface area contributed by atoms with Crippen LogP contribution in [0.25, 0.3) is 0 Å². The molecule has 1 aromatic heterocycles. The molecule has 0 aliphatic carbocycles. The van der Waals surface area contributed by atoms with Gasteiger partial charge in [0.25, 0.3) is 0 Å². The van der Waals surface area contributed by atoms with Crippen molar-refractivity contribution in [2.45, 2.75) is 13.1 Å². The van der Waals surface area contributed by atoms with Gasteiger partial charge in [0.1, 0.15) is 0 Å². The number of aromatic nitrogens is 1. The Morgan fingerprint density at radius 3 is 2.50 bits per heavy atom. The molecule has 128 valence electrons. The molecule has 0 fully saturated rings. The van der Waals surface area contributed by atoms with Gasteiger partial charge in [-0.2, -0.15) is 4.31 Å². The fraction of sp³-hybridized carbons (Fsp3) is 0.250. The smallest absolute Gasteiger partial charge is 0.235 e. The van der Waals surface area contributed by atoms with Gasteiger partial charge >= 0.3 is 0 Å². The van der Waals surface area contributed by atoms with Gasteiger partial charge in [-0.1, -0.05) is 34.1 Å². The number of hydrogen-bond donors (Lipinski definition) is 1. The second-order valence-corrected chi connectivity index (χ2v) is 8.15. The molecule has 8 heteroatoms. The number of halogens is 1. The maximum Gasteiger partial charge on any atom is 0.235 e. The summed E-state index contributed by atoms with van der Waals surface area (Å²) >= 11 is 3.33. The van der Waals surface area contributed by atoms with Gasteiger partial charge in [0, 0.05) is 17.2 Å². The van der Waals surface area contributed by atoms with Gasteiger partial charge in [-0.15, -0.1) is 0 Å². The van der Waals surface area contributed by atoms with Gasteiger partial charge in [0.15, 0.2) is 0 Å². The van der Waals surface area contributed by atoms with Crippen LogP contribution < -0.4 is 5.32 Å². The van der Waals surface area contributed by atoms with Crippen LogP contribution in [-0.2, 0) is 27.9 Å². The first-order valence-corrected chi connectivity index (χ1v) is 9.85. The van der Waals surface area contributed by atoms with Crippen LogP contribution in [0.4, 0.5) is 0 Å². The number of sulfonamides is 1. The number of nitrogens with zero attached hydrogens (tertiary/aromatic N) is 2. The normalized spacial score (nSPS) is 11.5. The third kappa shape index (κ3) is 6.03. The average molecular weight is 412 g/mol. The zero-order valence-corrected chi connectivity index (χ0v) is 15.5. The molecule has 0 atom stereocenters. The van der Waals surface area contributed by atoms with Crippen LogP contribution in [-0.4, -0.2) is 36.4 Å². The second-order valence-electron chi connectivity index (χ2n) is 5.26. The van der Waals surface area contributed by atoms with E-state index in [1.807, 2.05) is 30.3 Å². The Morgan fingerprint density at radius 1 is 1.21 bits per heavy atom. The zero-order valence-electron chi connectivity index (χ0n) is 13.1. The molecule has 1 amide bonds. The minimum Gasteiger partial charge on any atom is -0.349 e. The highest BCUT2D eigenvalue weighted by atomic mass is 79.9. The number of carbonyl (C=O) groups excluding carboxylic acids is 1. The maximum atomic E-state index is 12.1.